The molecule has 0 nitrogen and oxygen atoms in total. The van der Waals surface area contributed by atoms with Gasteiger partial charge in [-0.1, -0.05) is 55.7 Å². The van der Waals surface area contributed by atoms with Gasteiger partial charge in [-0.25, -0.2) is 0 Å². The Kier molecular flexibility index (Phi) is 8.65. The van der Waals surface area contributed by atoms with Gasteiger partial charge < -0.3 is 0 Å². The summed E-state index contributed by atoms with van der Waals surface area (Å²) >= 11 is 0. The van der Waals surface area contributed by atoms with Crippen molar-refractivity contribution >= 4 is 5.57 Å². The minimum absolute atomic E-state index is 0.381. The van der Waals surface area contributed by atoms with E-state index in [2.05, 4.69) is 76.8 Å². The van der Waals surface area contributed by atoms with Crippen molar-refractivity contribution in [2.24, 2.45) is 5.92 Å². The second-order valence-corrected chi connectivity index (χ2v) is 4.63. The molecule has 0 aliphatic carbocycles. The van der Waals surface area contributed by atoms with Crippen LogP contribution in [0.4, 0.5) is 0 Å². The van der Waals surface area contributed by atoms with Gasteiger partial charge in [0.05, 0.1) is 0 Å². The molecule has 0 saturated heterocycles. The van der Waals surface area contributed by atoms with Crippen molar-refractivity contribution in [3.05, 3.63) is 53.1 Å². The molecule has 20 heavy (non-hydrogen) atoms. The summed E-state index contributed by atoms with van der Waals surface area (Å²) in [6.07, 6.45) is 18.2. The Labute approximate surface area is 124 Å². The molecule has 0 heteroatoms. The first kappa shape index (κ1) is 17.8. The number of terminal acetylenes is 2. The van der Waals surface area contributed by atoms with Crippen molar-refractivity contribution in [2.45, 2.75) is 34.1 Å². The van der Waals surface area contributed by atoms with E-state index in [4.69, 9.17) is 6.42 Å². The van der Waals surface area contributed by atoms with Crippen LogP contribution in [-0.4, -0.2) is 0 Å². The van der Waals surface area contributed by atoms with Crippen molar-refractivity contribution in [2.75, 3.05) is 0 Å². The Morgan fingerprint density at radius 1 is 1.25 bits per heavy atom. The van der Waals surface area contributed by atoms with Gasteiger partial charge in [0.25, 0.3) is 0 Å². The molecule has 0 aliphatic heterocycles. The maximum Gasteiger partial charge on any atom is -0.00391 e. The van der Waals surface area contributed by atoms with Crippen molar-refractivity contribution in [1.29, 1.82) is 0 Å². The molecule has 0 aromatic heterocycles. The molecule has 0 N–H and O–H groups in total. The van der Waals surface area contributed by atoms with E-state index < -0.39 is 0 Å². The van der Waals surface area contributed by atoms with E-state index in [0.29, 0.717) is 5.92 Å². The summed E-state index contributed by atoms with van der Waals surface area (Å²) in [5, 5.41) is 0. The van der Waals surface area contributed by atoms with Gasteiger partial charge in [-0.3, -0.25) is 0 Å². The molecule has 0 amide bonds. The van der Waals surface area contributed by atoms with Crippen LogP contribution >= 0.6 is 0 Å². The zero-order chi connectivity index (χ0) is 15.5. The quantitative estimate of drug-likeness (QED) is 0.662. The zero-order valence-corrected chi connectivity index (χ0v) is 13.0. The molecule has 1 rings (SSSR count). The monoisotopic (exact) mass is 264 g/mol. The molecule has 0 aliphatic rings. The van der Waals surface area contributed by atoms with Gasteiger partial charge in [-0.2, -0.15) is 0 Å². The molecule has 1 aromatic rings. The van der Waals surface area contributed by atoms with Crippen LogP contribution in [0, 0.1) is 31.1 Å². The van der Waals surface area contributed by atoms with Crippen LogP contribution in [0.3, 0.4) is 0 Å². The van der Waals surface area contributed by atoms with Crippen molar-refractivity contribution in [3.63, 3.8) is 0 Å². The Bertz CT molecular complexity index is 533. The fraction of sp³-hybridized carbons (Fsp3) is 0.300. The molecule has 0 bridgehead atoms. The molecular formula is C20H24. The van der Waals surface area contributed by atoms with Crippen LogP contribution in [0.15, 0.2) is 42.0 Å². The average Bonchev–Trinajstić information content (AvgIpc) is 2.52. The fourth-order valence-electron chi connectivity index (χ4n) is 2.09. The predicted octanol–water partition coefficient (Wildman–Crippen LogP) is 5.12. The lowest BCUT2D eigenvalue weighted by Crippen LogP contribution is -1.98. The smallest absolute Gasteiger partial charge is 0.00391 e. The van der Waals surface area contributed by atoms with Crippen molar-refractivity contribution in [1.82, 2.24) is 0 Å². The highest BCUT2D eigenvalue weighted by Crippen LogP contribution is 2.26. The standard InChI is InChI=1S/C18H22.C2H2/c1-6-8-11-14(3)15(4)16(5)18-13-10-9-12-17(18)7-2;1-2/h1,8-14H,7H2,2-5H3;1-2H/b11-8-,16-15-;. The maximum absolute atomic E-state index is 5.26. The molecule has 0 fully saturated rings. The minimum Gasteiger partial charge on any atom is -0.124 e. The Hall–Kier alpha value is -2.18. The van der Waals surface area contributed by atoms with E-state index in [0.717, 1.165) is 6.42 Å². The summed E-state index contributed by atoms with van der Waals surface area (Å²) in [5.41, 5.74) is 5.50. The first-order valence-electron chi connectivity index (χ1n) is 6.83. The van der Waals surface area contributed by atoms with E-state index in [1.807, 2.05) is 0 Å². The Morgan fingerprint density at radius 2 is 1.85 bits per heavy atom. The van der Waals surface area contributed by atoms with E-state index in [-0.39, 0.29) is 0 Å². The normalized spacial score (nSPS) is 12.8. The average molecular weight is 264 g/mol. The van der Waals surface area contributed by atoms with Gasteiger partial charge in [-0.05, 0) is 49.0 Å². The number of allylic oxidation sites excluding steroid dienone is 4. The predicted molar refractivity (Wildman–Crippen MR) is 91.1 cm³/mol. The van der Waals surface area contributed by atoms with Crippen LogP contribution in [0.2, 0.25) is 0 Å². The summed E-state index contributed by atoms with van der Waals surface area (Å²) in [4.78, 5) is 0. The largest absolute Gasteiger partial charge is 0.124 e. The number of benzene rings is 1. The fourth-order valence-corrected chi connectivity index (χ4v) is 2.09. The molecule has 104 valence electrons. The molecule has 0 spiro atoms. The highest BCUT2D eigenvalue weighted by Gasteiger charge is 2.08. The van der Waals surface area contributed by atoms with Gasteiger partial charge in [0.1, 0.15) is 0 Å². The maximum atomic E-state index is 5.26. The first-order chi connectivity index (χ1) is 9.61. The lowest BCUT2D eigenvalue weighted by molar-refractivity contribution is 0.864. The SMILES string of the molecule is C#C.C#C/C=C\C(C)/C(C)=C(/C)c1ccccc1CC. The molecule has 0 heterocycles. The third-order valence-electron chi connectivity index (χ3n) is 3.56. The topological polar surface area (TPSA) is 0 Å². The third kappa shape index (κ3) is 4.83. The summed E-state index contributed by atoms with van der Waals surface area (Å²) in [7, 11) is 0. The highest BCUT2D eigenvalue weighted by molar-refractivity contribution is 5.69. The lowest BCUT2D eigenvalue weighted by atomic mass is 9.90. The van der Waals surface area contributed by atoms with E-state index in [1.165, 1.54) is 22.3 Å². The first-order valence-corrected chi connectivity index (χ1v) is 6.83. The molecule has 1 unspecified atom stereocenters. The number of rotatable bonds is 4. The highest BCUT2D eigenvalue weighted by atomic mass is 14.1. The second kappa shape index (κ2) is 9.71. The second-order valence-electron chi connectivity index (χ2n) is 4.63. The minimum atomic E-state index is 0.381. The van der Waals surface area contributed by atoms with Crippen molar-refractivity contribution < 1.29 is 0 Å². The van der Waals surface area contributed by atoms with Gasteiger partial charge in [-0.15, -0.1) is 19.3 Å². The molecule has 0 saturated carbocycles. The van der Waals surface area contributed by atoms with E-state index >= 15 is 0 Å². The van der Waals surface area contributed by atoms with Crippen LogP contribution in [0.1, 0.15) is 38.8 Å². The number of hydrogen-bond donors (Lipinski definition) is 0. The molecule has 1 atom stereocenters. The third-order valence-corrected chi connectivity index (χ3v) is 3.56. The van der Waals surface area contributed by atoms with E-state index in [9.17, 15) is 0 Å². The van der Waals surface area contributed by atoms with Gasteiger partial charge in [0, 0.05) is 0 Å². The lowest BCUT2D eigenvalue weighted by Gasteiger charge is -2.15. The van der Waals surface area contributed by atoms with Gasteiger partial charge >= 0.3 is 0 Å². The molecule has 0 radical (unpaired) electrons. The van der Waals surface area contributed by atoms with E-state index in [1.54, 1.807) is 6.08 Å². The summed E-state index contributed by atoms with van der Waals surface area (Å²) in [5.74, 6) is 2.93. The Morgan fingerprint density at radius 3 is 2.40 bits per heavy atom. The summed E-state index contributed by atoms with van der Waals surface area (Å²) in [6.45, 7) is 8.77. The number of aryl methyl sites for hydroxylation is 1. The van der Waals surface area contributed by atoms with Crippen LogP contribution in [0.5, 0.6) is 0 Å². The molecule has 1 aromatic carbocycles. The van der Waals surface area contributed by atoms with Crippen LogP contribution in [0.25, 0.3) is 5.57 Å². The Balaban J connectivity index is 0.00000172. The van der Waals surface area contributed by atoms with Crippen LogP contribution in [-0.2, 0) is 6.42 Å². The van der Waals surface area contributed by atoms with Crippen molar-refractivity contribution in [3.8, 4) is 25.2 Å². The number of hydrogen-bond acceptors (Lipinski definition) is 0. The summed E-state index contributed by atoms with van der Waals surface area (Å²) in [6, 6.07) is 8.61. The van der Waals surface area contributed by atoms with Crippen LogP contribution < -0.4 is 0 Å². The van der Waals surface area contributed by atoms with Gasteiger partial charge in [0.2, 0.25) is 0 Å². The van der Waals surface area contributed by atoms with Gasteiger partial charge in [0.15, 0.2) is 0 Å². The molecular weight excluding hydrogens is 240 g/mol. The summed E-state index contributed by atoms with van der Waals surface area (Å²) < 4.78 is 0. The zero-order valence-electron chi connectivity index (χ0n) is 13.0.